The summed E-state index contributed by atoms with van der Waals surface area (Å²) in [4.78, 5) is 2.22. The third-order valence-corrected chi connectivity index (χ3v) is 2.91. The summed E-state index contributed by atoms with van der Waals surface area (Å²) in [5, 5.41) is 11.4. The number of rotatable bonds is 6. The van der Waals surface area contributed by atoms with Gasteiger partial charge < -0.3 is 10.6 Å². The van der Waals surface area contributed by atoms with Gasteiger partial charge in [-0.3, -0.25) is 10.1 Å². The number of nitrogens with two attached hydrogens (primary N) is 1. The minimum atomic E-state index is 0.250. The second-order valence-electron chi connectivity index (χ2n) is 4.26. The molecule has 0 aliphatic carbocycles. The van der Waals surface area contributed by atoms with E-state index in [-0.39, 0.29) is 5.84 Å². The molecule has 0 saturated carbocycles. The highest BCUT2D eigenvalue weighted by atomic mass is 15.3. The molecule has 0 saturated heterocycles. The molecule has 1 atom stereocenters. The van der Waals surface area contributed by atoms with Crippen molar-refractivity contribution in [1.82, 2.24) is 14.7 Å². The van der Waals surface area contributed by atoms with Crippen LogP contribution in [0.15, 0.2) is 12.3 Å². The Labute approximate surface area is 96.7 Å². The number of hydrogen-bond donors (Lipinski definition) is 2. The van der Waals surface area contributed by atoms with Crippen molar-refractivity contribution < 1.29 is 0 Å². The smallest absolute Gasteiger partial charge is 0.0920 e. The van der Waals surface area contributed by atoms with Crippen LogP contribution in [0.2, 0.25) is 0 Å². The molecule has 0 amide bonds. The maximum atomic E-state index is 7.26. The zero-order valence-electron chi connectivity index (χ0n) is 10.3. The van der Waals surface area contributed by atoms with Crippen LogP contribution in [0.3, 0.4) is 0 Å². The number of likely N-dealkylation sites (N-methyl/N-ethyl adjacent to an activating group) is 1. The molecule has 0 aliphatic rings. The highest BCUT2D eigenvalue weighted by Crippen LogP contribution is 2.04. The van der Waals surface area contributed by atoms with Crippen molar-refractivity contribution in [2.75, 3.05) is 13.6 Å². The van der Waals surface area contributed by atoms with E-state index in [2.05, 4.69) is 24.0 Å². The van der Waals surface area contributed by atoms with Gasteiger partial charge in [-0.15, -0.1) is 0 Å². The Hall–Kier alpha value is -1.36. The number of aryl methyl sites for hydroxylation is 1. The normalized spacial score (nSPS) is 13.0. The highest BCUT2D eigenvalue weighted by Gasteiger charge is 2.10. The molecule has 5 heteroatoms. The number of nitrogens with zero attached hydrogens (tertiary/aromatic N) is 3. The predicted molar refractivity (Wildman–Crippen MR) is 65.5 cm³/mol. The maximum absolute atomic E-state index is 7.26. The number of aromatic nitrogens is 2. The third-order valence-electron chi connectivity index (χ3n) is 2.91. The Morgan fingerprint density at radius 1 is 1.69 bits per heavy atom. The van der Waals surface area contributed by atoms with E-state index in [4.69, 9.17) is 11.1 Å². The molecule has 0 spiro atoms. The minimum Gasteiger partial charge on any atom is -0.388 e. The van der Waals surface area contributed by atoms with Gasteiger partial charge in [0.05, 0.1) is 5.84 Å². The predicted octanol–water partition coefficient (Wildman–Crippen LogP) is 0.609. The van der Waals surface area contributed by atoms with E-state index in [9.17, 15) is 0 Å². The number of hydrogen-bond acceptors (Lipinski definition) is 3. The van der Waals surface area contributed by atoms with E-state index < -0.39 is 0 Å². The van der Waals surface area contributed by atoms with Crippen LogP contribution in [0.5, 0.6) is 0 Å². The largest absolute Gasteiger partial charge is 0.388 e. The van der Waals surface area contributed by atoms with Crippen LogP contribution >= 0.6 is 0 Å². The fourth-order valence-corrected chi connectivity index (χ4v) is 1.63. The zero-order valence-corrected chi connectivity index (χ0v) is 10.3. The monoisotopic (exact) mass is 223 g/mol. The Kier molecular flexibility index (Phi) is 4.49. The van der Waals surface area contributed by atoms with Crippen molar-refractivity contribution in [2.24, 2.45) is 12.8 Å². The van der Waals surface area contributed by atoms with Crippen LogP contribution in [-0.4, -0.2) is 40.2 Å². The summed E-state index contributed by atoms with van der Waals surface area (Å²) in [5.74, 6) is 0.250. The number of nitrogens with one attached hydrogen (secondary N) is 1. The molecule has 3 N–H and O–H groups in total. The Morgan fingerprint density at radius 3 is 2.88 bits per heavy atom. The average Bonchev–Trinajstić information content (AvgIpc) is 2.59. The first-order chi connectivity index (χ1) is 7.50. The molecule has 1 aromatic rings. The molecule has 0 fully saturated rings. The van der Waals surface area contributed by atoms with Gasteiger partial charge in [-0.2, -0.15) is 5.10 Å². The lowest BCUT2D eigenvalue weighted by atomic mass is 10.2. The average molecular weight is 223 g/mol. The summed E-state index contributed by atoms with van der Waals surface area (Å²) in [6.07, 6.45) is 3.41. The lowest BCUT2D eigenvalue weighted by molar-refractivity contribution is 0.264. The van der Waals surface area contributed by atoms with Gasteiger partial charge in [0.2, 0.25) is 0 Å². The Balaban J connectivity index is 2.37. The summed E-state index contributed by atoms with van der Waals surface area (Å²) in [7, 11) is 4.01. The van der Waals surface area contributed by atoms with Gasteiger partial charge in [0.15, 0.2) is 0 Å². The van der Waals surface area contributed by atoms with Gasteiger partial charge in [-0.25, -0.2) is 0 Å². The molecular weight excluding hydrogens is 202 g/mol. The molecule has 1 aromatic heterocycles. The van der Waals surface area contributed by atoms with E-state index in [0.29, 0.717) is 12.5 Å². The van der Waals surface area contributed by atoms with Crippen LogP contribution in [0.4, 0.5) is 0 Å². The van der Waals surface area contributed by atoms with Crippen molar-refractivity contribution >= 4 is 5.84 Å². The fraction of sp³-hybridized carbons (Fsp3) is 0.636. The first-order valence-corrected chi connectivity index (χ1v) is 5.50. The highest BCUT2D eigenvalue weighted by molar-refractivity contribution is 5.77. The topological polar surface area (TPSA) is 70.9 Å². The van der Waals surface area contributed by atoms with Crippen molar-refractivity contribution in [2.45, 2.75) is 25.8 Å². The van der Waals surface area contributed by atoms with Gasteiger partial charge in [0, 0.05) is 44.4 Å². The zero-order chi connectivity index (χ0) is 12.1. The summed E-state index contributed by atoms with van der Waals surface area (Å²) in [6, 6.07) is 2.34. The summed E-state index contributed by atoms with van der Waals surface area (Å²) >= 11 is 0. The Bertz CT molecular complexity index is 344. The van der Waals surface area contributed by atoms with E-state index in [1.807, 2.05) is 24.0 Å². The summed E-state index contributed by atoms with van der Waals surface area (Å²) in [6.45, 7) is 3.04. The molecular formula is C11H21N5. The molecule has 0 aromatic carbocycles. The molecule has 16 heavy (non-hydrogen) atoms. The van der Waals surface area contributed by atoms with Crippen LogP contribution in [-0.2, 0) is 13.5 Å². The SMILES string of the molecule is CC(CC(=N)N)N(C)CCc1ccnn1C. The lowest BCUT2D eigenvalue weighted by Gasteiger charge is -2.24. The lowest BCUT2D eigenvalue weighted by Crippen LogP contribution is -2.34. The molecule has 90 valence electrons. The van der Waals surface area contributed by atoms with Gasteiger partial charge in [-0.05, 0) is 20.0 Å². The molecule has 0 radical (unpaired) electrons. The first-order valence-electron chi connectivity index (χ1n) is 5.50. The van der Waals surface area contributed by atoms with Gasteiger partial charge in [-0.1, -0.05) is 0 Å². The quantitative estimate of drug-likeness (QED) is 0.548. The fourth-order valence-electron chi connectivity index (χ4n) is 1.63. The molecule has 1 rings (SSSR count). The van der Waals surface area contributed by atoms with Gasteiger partial charge in [0.25, 0.3) is 0 Å². The number of amidine groups is 1. The summed E-state index contributed by atoms with van der Waals surface area (Å²) < 4.78 is 1.89. The van der Waals surface area contributed by atoms with Crippen molar-refractivity contribution in [3.05, 3.63) is 18.0 Å². The van der Waals surface area contributed by atoms with Gasteiger partial charge in [0.1, 0.15) is 0 Å². The third kappa shape index (κ3) is 3.66. The molecule has 1 unspecified atom stereocenters. The van der Waals surface area contributed by atoms with E-state index in [1.54, 1.807) is 0 Å². The van der Waals surface area contributed by atoms with Crippen molar-refractivity contribution in [1.29, 1.82) is 5.41 Å². The second-order valence-corrected chi connectivity index (χ2v) is 4.26. The van der Waals surface area contributed by atoms with Crippen LogP contribution in [0, 0.1) is 5.41 Å². The summed E-state index contributed by atoms with van der Waals surface area (Å²) in [5.41, 5.74) is 6.61. The molecule has 5 nitrogen and oxygen atoms in total. The van der Waals surface area contributed by atoms with E-state index in [0.717, 1.165) is 13.0 Å². The van der Waals surface area contributed by atoms with Gasteiger partial charge >= 0.3 is 0 Å². The molecule has 0 bridgehead atoms. The second kappa shape index (κ2) is 5.65. The standard InChI is InChI=1S/C11H21N5/c1-9(8-11(12)13)15(2)7-5-10-4-6-14-16(10)3/h4,6,9H,5,7-8H2,1-3H3,(H3,12,13). The Morgan fingerprint density at radius 2 is 2.38 bits per heavy atom. The van der Waals surface area contributed by atoms with Crippen LogP contribution in [0.1, 0.15) is 19.0 Å². The van der Waals surface area contributed by atoms with E-state index >= 15 is 0 Å². The molecule has 1 heterocycles. The van der Waals surface area contributed by atoms with Crippen molar-refractivity contribution in [3.63, 3.8) is 0 Å². The van der Waals surface area contributed by atoms with Crippen molar-refractivity contribution in [3.8, 4) is 0 Å². The van der Waals surface area contributed by atoms with Crippen LogP contribution < -0.4 is 5.73 Å². The minimum absolute atomic E-state index is 0.250. The van der Waals surface area contributed by atoms with E-state index in [1.165, 1.54) is 5.69 Å². The first kappa shape index (κ1) is 12.7. The maximum Gasteiger partial charge on any atom is 0.0920 e. The van der Waals surface area contributed by atoms with Crippen LogP contribution in [0.25, 0.3) is 0 Å². The molecule has 0 aliphatic heterocycles.